The third-order valence-electron chi connectivity index (χ3n) is 2.40. The van der Waals surface area contributed by atoms with Crippen LogP contribution in [0.2, 0.25) is 0 Å². The van der Waals surface area contributed by atoms with E-state index in [1.165, 1.54) is 0 Å². The topological polar surface area (TPSA) is 0 Å². The minimum atomic E-state index is -0.250. The van der Waals surface area contributed by atoms with E-state index in [1.807, 2.05) is 30.3 Å². The zero-order valence-electron chi connectivity index (χ0n) is 8.38. The molecular formula is C13H9BrClF. The van der Waals surface area contributed by atoms with Crippen molar-refractivity contribution in [1.29, 1.82) is 0 Å². The first kappa shape index (κ1) is 11.6. The van der Waals surface area contributed by atoms with Gasteiger partial charge in [-0.2, -0.15) is 0 Å². The van der Waals surface area contributed by atoms with Crippen LogP contribution in [0, 0.1) is 5.82 Å². The fourth-order valence-electron chi connectivity index (χ4n) is 1.61. The largest absolute Gasteiger partial charge is 0.205 e. The molecule has 0 saturated carbocycles. The van der Waals surface area contributed by atoms with E-state index in [0.717, 1.165) is 11.1 Å². The van der Waals surface area contributed by atoms with Gasteiger partial charge in [-0.15, -0.1) is 11.6 Å². The van der Waals surface area contributed by atoms with Gasteiger partial charge in [-0.3, -0.25) is 0 Å². The Hall–Kier alpha value is -0.860. The summed E-state index contributed by atoms with van der Waals surface area (Å²) in [6, 6.07) is 12.8. The lowest BCUT2D eigenvalue weighted by atomic mass is 10.0. The maximum atomic E-state index is 13.9. The van der Waals surface area contributed by atoms with E-state index in [4.69, 9.17) is 11.6 Å². The fourth-order valence-corrected chi connectivity index (χ4v) is 2.21. The van der Waals surface area contributed by atoms with Crippen molar-refractivity contribution in [3.8, 4) is 11.1 Å². The fraction of sp³-hybridized carbons (Fsp3) is 0.0769. The van der Waals surface area contributed by atoms with Gasteiger partial charge < -0.3 is 0 Å². The van der Waals surface area contributed by atoms with Crippen LogP contribution in [0.4, 0.5) is 4.39 Å². The quantitative estimate of drug-likeness (QED) is 0.685. The number of hydrogen-bond donors (Lipinski definition) is 0. The van der Waals surface area contributed by atoms with Crippen LogP contribution in [0.25, 0.3) is 11.1 Å². The molecule has 0 amide bonds. The van der Waals surface area contributed by atoms with E-state index in [1.54, 1.807) is 12.1 Å². The molecule has 0 atom stereocenters. The van der Waals surface area contributed by atoms with Gasteiger partial charge in [0.1, 0.15) is 5.82 Å². The summed E-state index contributed by atoms with van der Waals surface area (Å²) in [6.07, 6.45) is 0. The summed E-state index contributed by atoms with van der Waals surface area (Å²) in [4.78, 5) is 0. The molecule has 2 aromatic carbocycles. The minimum absolute atomic E-state index is 0.250. The summed E-state index contributed by atoms with van der Waals surface area (Å²) in [5.74, 6) is 0.127. The van der Waals surface area contributed by atoms with Gasteiger partial charge in [0.2, 0.25) is 0 Å². The first-order valence-electron chi connectivity index (χ1n) is 4.82. The highest BCUT2D eigenvalue weighted by molar-refractivity contribution is 9.10. The lowest BCUT2D eigenvalue weighted by Crippen LogP contribution is -1.90. The monoisotopic (exact) mass is 298 g/mol. The second kappa shape index (κ2) is 4.98. The number of rotatable bonds is 2. The number of alkyl halides is 1. The van der Waals surface area contributed by atoms with Crippen molar-refractivity contribution >= 4 is 27.5 Å². The number of benzene rings is 2. The molecule has 0 aromatic heterocycles. The normalized spacial score (nSPS) is 10.4. The molecule has 2 rings (SSSR count). The maximum absolute atomic E-state index is 13.9. The molecule has 0 aliphatic carbocycles. The zero-order valence-corrected chi connectivity index (χ0v) is 10.7. The predicted octanol–water partition coefficient (Wildman–Crippen LogP) is 4.99. The van der Waals surface area contributed by atoms with Gasteiger partial charge in [-0.1, -0.05) is 36.4 Å². The predicted molar refractivity (Wildman–Crippen MR) is 69.1 cm³/mol. The smallest absolute Gasteiger partial charge is 0.145 e. The maximum Gasteiger partial charge on any atom is 0.145 e. The molecule has 82 valence electrons. The van der Waals surface area contributed by atoms with E-state index >= 15 is 0 Å². The Morgan fingerprint density at radius 3 is 2.44 bits per heavy atom. The van der Waals surface area contributed by atoms with E-state index in [2.05, 4.69) is 15.9 Å². The van der Waals surface area contributed by atoms with Gasteiger partial charge in [0.05, 0.1) is 4.47 Å². The van der Waals surface area contributed by atoms with Crippen LogP contribution in [-0.4, -0.2) is 0 Å². The molecule has 16 heavy (non-hydrogen) atoms. The van der Waals surface area contributed by atoms with E-state index in [0.29, 0.717) is 15.9 Å². The molecule has 0 aliphatic heterocycles. The summed E-state index contributed by atoms with van der Waals surface area (Å²) in [7, 11) is 0. The molecular weight excluding hydrogens is 290 g/mol. The van der Waals surface area contributed by atoms with Crippen LogP contribution in [0.5, 0.6) is 0 Å². The summed E-state index contributed by atoms with van der Waals surface area (Å²) in [5.41, 5.74) is 2.35. The molecule has 0 N–H and O–H groups in total. The lowest BCUT2D eigenvalue weighted by molar-refractivity contribution is 0.624. The van der Waals surface area contributed by atoms with Crippen molar-refractivity contribution in [2.45, 2.75) is 5.88 Å². The Labute approximate surface area is 107 Å². The van der Waals surface area contributed by atoms with Gasteiger partial charge in [0.15, 0.2) is 0 Å². The second-order valence-corrected chi connectivity index (χ2v) is 4.51. The Morgan fingerprint density at radius 2 is 1.69 bits per heavy atom. The number of halogens is 3. The second-order valence-electron chi connectivity index (χ2n) is 3.39. The molecule has 0 radical (unpaired) electrons. The van der Waals surface area contributed by atoms with Crippen molar-refractivity contribution in [1.82, 2.24) is 0 Å². The van der Waals surface area contributed by atoms with Crippen molar-refractivity contribution in [3.05, 3.63) is 58.3 Å². The van der Waals surface area contributed by atoms with Gasteiger partial charge in [0, 0.05) is 11.4 Å². The van der Waals surface area contributed by atoms with E-state index in [-0.39, 0.29) is 5.82 Å². The van der Waals surface area contributed by atoms with Crippen LogP contribution < -0.4 is 0 Å². The lowest BCUT2D eigenvalue weighted by Gasteiger charge is -2.08. The average Bonchev–Trinajstić information content (AvgIpc) is 2.33. The summed E-state index contributed by atoms with van der Waals surface area (Å²) in [6.45, 7) is 0. The molecule has 0 heterocycles. The third kappa shape index (κ3) is 2.13. The third-order valence-corrected chi connectivity index (χ3v) is 3.30. The molecule has 2 aromatic rings. The van der Waals surface area contributed by atoms with Gasteiger partial charge in [-0.25, -0.2) is 4.39 Å². The molecule has 0 fully saturated rings. The van der Waals surface area contributed by atoms with Gasteiger partial charge in [0.25, 0.3) is 0 Å². The minimum Gasteiger partial charge on any atom is -0.205 e. The molecule has 0 bridgehead atoms. The van der Waals surface area contributed by atoms with Crippen LogP contribution in [0.1, 0.15) is 5.56 Å². The summed E-state index contributed by atoms with van der Waals surface area (Å²) in [5, 5.41) is 0. The summed E-state index contributed by atoms with van der Waals surface area (Å²) < 4.78 is 14.4. The molecule has 0 spiro atoms. The highest BCUT2D eigenvalue weighted by atomic mass is 79.9. The van der Waals surface area contributed by atoms with E-state index in [9.17, 15) is 4.39 Å². The van der Waals surface area contributed by atoms with E-state index < -0.39 is 0 Å². The molecule has 0 unspecified atom stereocenters. The van der Waals surface area contributed by atoms with Crippen LogP contribution in [-0.2, 0) is 5.88 Å². The van der Waals surface area contributed by atoms with Crippen molar-refractivity contribution < 1.29 is 4.39 Å². The average molecular weight is 300 g/mol. The van der Waals surface area contributed by atoms with Crippen molar-refractivity contribution in [3.63, 3.8) is 0 Å². The highest BCUT2D eigenvalue weighted by Crippen LogP contribution is 2.30. The van der Waals surface area contributed by atoms with Crippen molar-refractivity contribution in [2.75, 3.05) is 0 Å². The first-order chi connectivity index (χ1) is 7.74. The molecule has 0 saturated heterocycles. The Morgan fingerprint density at radius 1 is 1.00 bits per heavy atom. The van der Waals surface area contributed by atoms with Gasteiger partial charge in [-0.05, 0) is 33.1 Å². The van der Waals surface area contributed by atoms with Crippen LogP contribution in [0.3, 0.4) is 0 Å². The highest BCUT2D eigenvalue weighted by Gasteiger charge is 2.10. The van der Waals surface area contributed by atoms with Crippen molar-refractivity contribution in [2.24, 2.45) is 0 Å². The summed E-state index contributed by atoms with van der Waals surface area (Å²) >= 11 is 9.02. The van der Waals surface area contributed by atoms with Crippen LogP contribution in [0.15, 0.2) is 46.9 Å². The Kier molecular flexibility index (Phi) is 3.62. The zero-order chi connectivity index (χ0) is 11.5. The molecule has 0 aliphatic rings. The standard InChI is InChI=1S/C13H9BrClF/c14-12-7-3-6-11(13(12)16)10-5-2-1-4-9(10)8-15/h1-7H,8H2. The Balaban J connectivity index is 2.63. The van der Waals surface area contributed by atoms with Crippen LogP contribution >= 0.6 is 27.5 Å². The molecule has 3 heteroatoms. The van der Waals surface area contributed by atoms with Gasteiger partial charge >= 0.3 is 0 Å². The molecule has 0 nitrogen and oxygen atoms in total. The first-order valence-corrected chi connectivity index (χ1v) is 6.15. The Bertz CT molecular complexity index is 511. The number of hydrogen-bond acceptors (Lipinski definition) is 0. The SMILES string of the molecule is Fc1c(Br)cccc1-c1ccccc1CCl.